The monoisotopic (exact) mass is 260 g/mol. The predicted octanol–water partition coefficient (Wildman–Crippen LogP) is 5.92. The summed E-state index contributed by atoms with van der Waals surface area (Å²) in [7, 11) is -1.13. The maximum absolute atomic E-state index is 2.58. The quantitative estimate of drug-likeness (QED) is 0.422. The van der Waals surface area contributed by atoms with E-state index in [1.165, 1.54) is 37.7 Å². The number of unbranched alkanes of at least 4 members (excludes halogenated alkanes) is 3. The molecule has 100 valence electrons. The van der Waals surface area contributed by atoms with E-state index in [4.69, 9.17) is 0 Å². The fourth-order valence-electron chi connectivity index (χ4n) is 2.22. The Bertz CT molecular complexity index is 357. The Hall–Kier alpha value is -0.823. The average Bonchev–Trinajstić information content (AvgIpc) is 2.33. The Kier molecular flexibility index (Phi) is 6.41. The van der Waals surface area contributed by atoms with Crippen LogP contribution in [-0.2, 0) is 0 Å². The van der Waals surface area contributed by atoms with Crippen molar-refractivity contribution in [3.05, 3.63) is 41.6 Å². The largest absolute Gasteiger partial charge is 0.0913 e. The minimum absolute atomic E-state index is 1.13. The highest BCUT2D eigenvalue weighted by molar-refractivity contribution is 6.81. The molecule has 0 aliphatic rings. The van der Waals surface area contributed by atoms with Crippen molar-refractivity contribution >= 4 is 13.6 Å². The van der Waals surface area contributed by atoms with Crippen molar-refractivity contribution in [2.45, 2.75) is 58.7 Å². The van der Waals surface area contributed by atoms with Gasteiger partial charge in [-0.2, -0.15) is 0 Å². The fourth-order valence-corrected chi connectivity index (χ4v) is 3.57. The van der Waals surface area contributed by atoms with Crippen molar-refractivity contribution in [3.8, 4) is 0 Å². The van der Waals surface area contributed by atoms with Gasteiger partial charge in [0, 0.05) is 0 Å². The van der Waals surface area contributed by atoms with Crippen LogP contribution in [0.2, 0.25) is 19.6 Å². The molecule has 1 aromatic rings. The summed E-state index contributed by atoms with van der Waals surface area (Å²) in [6.45, 7) is 9.53. The highest BCUT2D eigenvalue weighted by Crippen LogP contribution is 2.24. The van der Waals surface area contributed by atoms with Crippen LogP contribution in [0.15, 0.2) is 36.0 Å². The second-order valence-electron chi connectivity index (χ2n) is 6.21. The van der Waals surface area contributed by atoms with Gasteiger partial charge in [-0.05, 0) is 24.0 Å². The normalized spacial score (nSPS) is 12.8. The summed E-state index contributed by atoms with van der Waals surface area (Å²) < 4.78 is 0. The van der Waals surface area contributed by atoms with Gasteiger partial charge in [0.1, 0.15) is 0 Å². The van der Waals surface area contributed by atoms with Crippen LogP contribution in [0.4, 0.5) is 0 Å². The zero-order valence-electron chi connectivity index (χ0n) is 12.5. The molecule has 0 bridgehead atoms. The van der Waals surface area contributed by atoms with Gasteiger partial charge in [0.15, 0.2) is 0 Å². The minimum Gasteiger partial charge on any atom is -0.0913 e. The molecule has 0 aromatic heterocycles. The Morgan fingerprint density at radius 3 is 2.22 bits per heavy atom. The van der Waals surface area contributed by atoms with Gasteiger partial charge in [0.25, 0.3) is 0 Å². The molecular formula is C17H28Si. The van der Waals surface area contributed by atoms with Gasteiger partial charge < -0.3 is 0 Å². The smallest absolute Gasteiger partial charge is 0.0690 e. The van der Waals surface area contributed by atoms with Crippen LogP contribution in [0, 0.1) is 0 Å². The molecule has 0 heterocycles. The summed E-state index contributed by atoms with van der Waals surface area (Å²) in [6, 6.07) is 10.9. The molecule has 0 saturated heterocycles. The van der Waals surface area contributed by atoms with E-state index in [-0.39, 0.29) is 0 Å². The number of rotatable bonds is 7. The summed E-state index contributed by atoms with van der Waals surface area (Å²) in [5.41, 5.74) is 5.58. The first-order chi connectivity index (χ1) is 8.53. The second kappa shape index (κ2) is 7.58. The summed E-state index contributed by atoms with van der Waals surface area (Å²) in [4.78, 5) is 0. The molecule has 18 heavy (non-hydrogen) atoms. The molecule has 1 heteroatoms. The first-order valence-electron chi connectivity index (χ1n) is 7.30. The number of hydrogen-bond acceptors (Lipinski definition) is 0. The Labute approximate surface area is 114 Å². The standard InChI is InChI=1S/C17H28Si/c1-5-6-7-9-14-17(15-18(2,3)4)16-12-10-8-11-13-16/h8,10-13,15H,5-7,9,14H2,1-4H3/b17-15+. The fraction of sp³-hybridized carbons (Fsp3) is 0.529. The van der Waals surface area contributed by atoms with Crippen LogP contribution in [-0.4, -0.2) is 8.07 Å². The lowest BCUT2D eigenvalue weighted by Crippen LogP contribution is -2.16. The Morgan fingerprint density at radius 1 is 1.00 bits per heavy atom. The van der Waals surface area contributed by atoms with Gasteiger partial charge in [-0.1, -0.05) is 81.9 Å². The van der Waals surface area contributed by atoms with Crippen molar-refractivity contribution in [1.29, 1.82) is 0 Å². The lowest BCUT2D eigenvalue weighted by Gasteiger charge is -2.15. The number of benzene rings is 1. The molecule has 0 amide bonds. The van der Waals surface area contributed by atoms with E-state index >= 15 is 0 Å². The van der Waals surface area contributed by atoms with Crippen LogP contribution in [0.1, 0.15) is 44.6 Å². The van der Waals surface area contributed by atoms with Crippen LogP contribution in [0.3, 0.4) is 0 Å². The van der Waals surface area contributed by atoms with Gasteiger partial charge in [-0.25, -0.2) is 0 Å². The van der Waals surface area contributed by atoms with E-state index in [0.29, 0.717) is 0 Å². The molecule has 0 spiro atoms. The van der Waals surface area contributed by atoms with Crippen molar-refractivity contribution < 1.29 is 0 Å². The maximum Gasteiger partial charge on any atom is 0.0690 e. The third-order valence-electron chi connectivity index (χ3n) is 3.05. The molecule has 0 saturated carbocycles. The van der Waals surface area contributed by atoms with Crippen LogP contribution >= 0.6 is 0 Å². The molecule has 0 aliphatic heterocycles. The second-order valence-corrected chi connectivity index (χ2v) is 11.2. The van der Waals surface area contributed by atoms with Gasteiger partial charge in [-0.3, -0.25) is 0 Å². The molecule has 0 radical (unpaired) electrons. The maximum atomic E-state index is 2.58. The molecular weight excluding hydrogens is 232 g/mol. The highest BCUT2D eigenvalue weighted by atomic mass is 28.3. The first kappa shape index (κ1) is 15.2. The van der Waals surface area contributed by atoms with E-state index in [2.05, 4.69) is 62.6 Å². The SMILES string of the molecule is CCCCCC/C(=C\[Si](C)(C)C)c1ccccc1. The van der Waals surface area contributed by atoms with Gasteiger partial charge in [0.2, 0.25) is 0 Å². The third kappa shape index (κ3) is 6.20. The zero-order chi connectivity index (χ0) is 13.4. The average molecular weight is 260 g/mol. The molecule has 0 aliphatic carbocycles. The molecule has 0 unspecified atom stereocenters. The van der Waals surface area contributed by atoms with Gasteiger partial charge in [0.05, 0.1) is 8.07 Å². The Balaban J connectivity index is 2.74. The lowest BCUT2D eigenvalue weighted by molar-refractivity contribution is 0.679. The topological polar surface area (TPSA) is 0 Å². The lowest BCUT2D eigenvalue weighted by atomic mass is 10.0. The third-order valence-corrected chi connectivity index (χ3v) is 4.27. The summed E-state index contributed by atoms with van der Waals surface area (Å²) in [5.74, 6) is 0. The number of hydrogen-bond donors (Lipinski definition) is 0. The molecule has 0 atom stereocenters. The Morgan fingerprint density at radius 2 is 1.67 bits per heavy atom. The van der Waals surface area contributed by atoms with E-state index in [9.17, 15) is 0 Å². The van der Waals surface area contributed by atoms with E-state index in [1.54, 1.807) is 5.57 Å². The van der Waals surface area contributed by atoms with Gasteiger partial charge >= 0.3 is 0 Å². The molecule has 0 nitrogen and oxygen atoms in total. The predicted molar refractivity (Wildman–Crippen MR) is 86.5 cm³/mol. The highest BCUT2D eigenvalue weighted by Gasteiger charge is 2.12. The summed E-state index contributed by atoms with van der Waals surface area (Å²) >= 11 is 0. The van der Waals surface area contributed by atoms with E-state index in [1.807, 2.05) is 0 Å². The van der Waals surface area contributed by atoms with Crippen LogP contribution in [0.5, 0.6) is 0 Å². The van der Waals surface area contributed by atoms with E-state index < -0.39 is 8.07 Å². The van der Waals surface area contributed by atoms with Crippen molar-refractivity contribution in [3.63, 3.8) is 0 Å². The minimum atomic E-state index is -1.13. The van der Waals surface area contributed by atoms with Gasteiger partial charge in [-0.15, -0.1) is 0 Å². The zero-order valence-corrected chi connectivity index (χ0v) is 13.5. The molecule has 0 fully saturated rings. The van der Waals surface area contributed by atoms with Crippen molar-refractivity contribution in [2.24, 2.45) is 0 Å². The molecule has 1 rings (SSSR count). The molecule has 0 N–H and O–H groups in total. The van der Waals surface area contributed by atoms with Crippen LogP contribution < -0.4 is 0 Å². The summed E-state index contributed by atoms with van der Waals surface area (Å²) in [6.07, 6.45) is 6.63. The number of allylic oxidation sites excluding steroid dienone is 1. The van der Waals surface area contributed by atoms with Crippen LogP contribution in [0.25, 0.3) is 5.57 Å². The summed E-state index contributed by atoms with van der Waals surface area (Å²) in [5, 5.41) is 0. The van der Waals surface area contributed by atoms with E-state index in [0.717, 1.165) is 0 Å². The first-order valence-corrected chi connectivity index (χ1v) is 10.9. The molecule has 1 aromatic carbocycles. The van der Waals surface area contributed by atoms with Crippen molar-refractivity contribution in [2.75, 3.05) is 0 Å². The van der Waals surface area contributed by atoms with Crippen molar-refractivity contribution in [1.82, 2.24) is 0 Å².